The van der Waals surface area contributed by atoms with Gasteiger partial charge in [0.2, 0.25) is 5.91 Å². The topological polar surface area (TPSA) is 46.4 Å². The smallest absolute Gasteiger partial charge is 0.226 e. The van der Waals surface area contributed by atoms with E-state index in [-0.39, 0.29) is 5.91 Å². The number of aromatic nitrogens is 2. The van der Waals surface area contributed by atoms with E-state index in [1.807, 2.05) is 40.2 Å². The molecule has 1 fully saturated rings. The van der Waals surface area contributed by atoms with E-state index in [2.05, 4.69) is 17.2 Å². The van der Waals surface area contributed by atoms with E-state index in [1.165, 1.54) is 19.3 Å². The maximum absolute atomic E-state index is 12.5. The van der Waals surface area contributed by atoms with Gasteiger partial charge in [-0.2, -0.15) is 0 Å². The second-order valence-electron chi connectivity index (χ2n) is 7.13. The van der Waals surface area contributed by atoms with E-state index in [0.717, 1.165) is 28.3 Å². The molecule has 4 nitrogen and oxygen atoms in total. The van der Waals surface area contributed by atoms with Gasteiger partial charge in [0.15, 0.2) is 4.96 Å². The van der Waals surface area contributed by atoms with Crippen molar-refractivity contribution in [3.63, 3.8) is 0 Å². The fraction of sp³-hybridized carbons (Fsp3) is 0.400. The van der Waals surface area contributed by atoms with Crippen molar-refractivity contribution in [3.05, 3.63) is 46.6 Å². The van der Waals surface area contributed by atoms with Gasteiger partial charge in [-0.1, -0.05) is 43.5 Å². The molecule has 26 heavy (non-hydrogen) atoms. The van der Waals surface area contributed by atoms with Gasteiger partial charge in [-0.05, 0) is 30.9 Å². The summed E-state index contributed by atoms with van der Waals surface area (Å²) in [5, 5.41) is 5.97. The Labute approximate surface area is 162 Å². The van der Waals surface area contributed by atoms with Gasteiger partial charge >= 0.3 is 0 Å². The molecule has 0 bridgehead atoms. The molecule has 1 amide bonds. The number of imidazole rings is 1. The van der Waals surface area contributed by atoms with Gasteiger partial charge in [0.1, 0.15) is 0 Å². The summed E-state index contributed by atoms with van der Waals surface area (Å²) in [4.78, 5) is 18.1. The van der Waals surface area contributed by atoms with Crippen LogP contribution in [0.15, 0.2) is 35.8 Å². The zero-order valence-corrected chi connectivity index (χ0v) is 16.3. The first-order valence-corrected chi connectivity index (χ1v) is 10.4. The Morgan fingerprint density at radius 3 is 2.85 bits per heavy atom. The first kappa shape index (κ1) is 17.6. The third-order valence-corrected chi connectivity index (χ3v) is 6.36. The predicted molar refractivity (Wildman–Crippen MR) is 107 cm³/mol. The Kier molecular flexibility index (Phi) is 5.00. The fourth-order valence-electron chi connectivity index (χ4n) is 3.67. The molecule has 2 atom stereocenters. The van der Waals surface area contributed by atoms with E-state index in [4.69, 9.17) is 11.6 Å². The zero-order chi connectivity index (χ0) is 18.1. The molecule has 2 heterocycles. The van der Waals surface area contributed by atoms with Gasteiger partial charge in [0, 0.05) is 33.9 Å². The van der Waals surface area contributed by atoms with Gasteiger partial charge in [-0.3, -0.25) is 9.20 Å². The second kappa shape index (κ2) is 7.41. The normalized spacial score (nSPS) is 20.4. The molecule has 0 aliphatic heterocycles. The van der Waals surface area contributed by atoms with Gasteiger partial charge in [-0.15, -0.1) is 11.3 Å². The average Bonchev–Trinajstić information content (AvgIpc) is 3.20. The molecule has 1 aliphatic rings. The molecule has 136 valence electrons. The van der Waals surface area contributed by atoms with E-state index < -0.39 is 0 Å². The summed E-state index contributed by atoms with van der Waals surface area (Å²) in [6.45, 7) is 2.24. The summed E-state index contributed by atoms with van der Waals surface area (Å²) < 4.78 is 2.03. The van der Waals surface area contributed by atoms with Gasteiger partial charge in [0.05, 0.1) is 12.1 Å². The van der Waals surface area contributed by atoms with Crippen LogP contribution >= 0.6 is 22.9 Å². The van der Waals surface area contributed by atoms with Gasteiger partial charge in [-0.25, -0.2) is 4.98 Å². The minimum atomic E-state index is 0.102. The highest BCUT2D eigenvalue weighted by Gasteiger charge is 2.23. The van der Waals surface area contributed by atoms with E-state index in [0.29, 0.717) is 23.4 Å². The number of amides is 1. The first-order valence-electron chi connectivity index (χ1n) is 9.11. The van der Waals surface area contributed by atoms with Crippen molar-refractivity contribution in [2.75, 3.05) is 0 Å². The molecule has 2 aromatic heterocycles. The highest BCUT2D eigenvalue weighted by molar-refractivity contribution is 7.15. The summed E-state index contributed by atoms with van der Waals surface area (Å²) >= 11 is 7.53. The zero-order valence-electron chi connectivity index (χ0n) is 14.7. The molecule has 6 heteroatoms. The summed E-state index contributed by atoms with van der Waals surface area (Å²) in [7, 11) is 0. The number of nitrogens with one attached hydrogen (secondary N) is 1. The number of hydrogen-bond acceptors (Lipinski definition) is 3. The second-order valence-corrected chi connectivity index (χ2v) is 8.40. The molecule has 3 aromatic rings. The molecule has 4 rings (SSSR count). The lowest BCUT2D eigenvalue weighted by Gasteiger charge is -2.29. The number of thiazole rings is 1. The van der Waals surface area contributed by atoms with Crippen molar-refractivity contribution in [2.45, 2.75) is 45.1 Å². The monoisotopic (exact) mass is 387 g/mol. The van der Waals surface area contributed by atoms with Crippen molar-refractivity contribution in [1.82, 2.24) is 14.7 Å². The van der Waals surface area contributed by atoms with Crippen LogP contribution in [0.1, 0.15) is 38.3 Å². The van der Waals surface area contributed by atoms with Crippen molar-refractivity contribution >= 4 is 33.8 Å². The lowest BCUT2D eigenvalue weighted by molar-refractivity contribution is -0.121. The molecule has 0 radical (unpaired) electrons. The number of fused-ring (bicyclic) bond motifs is 1. The van der Waals surface area contributed by atoms with Crippen LogP contribution in [-0.4, -0.2) is 21.3 Å². The minimum Gasteiger partial charge on any atom is -0.353 e. The van der Waals surface area contributed by atoms with Crippen LogP contribution in [-0.2, 0) is 11.2 Å². The van der Waals surface area contributed by atoms with Crippen LogP contribution in [0.3, 0.4) is 0 Å². The average molecular weight is 388 g/mol. The molecule has 0 unspecified atom stereocenters. The maximum Gasteiger partial charge on any atom is 0.226 e. The van der Waals surface area contributed by atoms with Crippen LogP contribution in [0.25, 0.3) is 16.2 Å². The predicted octanol–water partition coefficient (Wildman–Crippen LogP) is 4.95. The van der Waals surface area contributed by atoms with Crippen LogP contribution < -0.4 is 5.32 Å². The molecule has 1 aliphatic carbocycles. The van der Waals surface area contributed by atoms with Crippen LogP contribution in [0, 0.1) is 5.92 Å². The lowest BCUT2D eigenvalue weighted by Crippen LogP contribution is -2.41. The third-order valence-electron chi connectivity index (χ3n) is 5.22. The Hall–Kier alpha value is -1.85. The Balaban J connectivity index is 1.50. The highest BCUT2D eigenvalue weighted by Crippen LogP contribution is 2.26. The first-order chi connectivity index (χ1) is 12.6. The molecule has 0 saturated heterocycles. The lowest BCUT2D eigenvalue weighted by atomic mass is 9.86. The van der Waals surface area contributed by atoms with Crippen LogP contribution in [0.4, 0.5) is 0 Å². The minimum absolute atomic E-state index is 0.102. The quantitative estimate of drug-likeness (QED) is 0.688. The number of rotatable bonds is 4. The highest BCUT2D eigenvalue weighted by atomic mass is 35.5. The number of hydrogen-bond donors (Lipinski definition) is 1. The molecule has 0 spiro atoms. The van der Waals surface area contributed by atoms with Crippen LogP contribution in [0.5, 0.6) is 0 Å². The standard InChI is InChI=1S/C20H22ClN3OS/c1-13-4-2-3-5-17(13)22-19(25)10-16-12-26-20-23-18(11-24(16)20)14-6-8-15(21)9-7-14/h6-9,11-13,17H,2-5,10H2,1H3,(H,22,25)/t13-,17-/m0/s1. The summed E-state index contributed by atoms with van der Waals surface area (Å²) in [5.74, 6) is 0.671. The van der Waals surface area contributed by atoms with Crippen molar-refractivity contribution < 1.29 is 4.79 Å². The number of benzene rings is 1. The molecular weight excluding hydrogens is 366 g/mol. The summed E-state index contributed by atoms with van der Waals surface area (Å²) in [5.41, 5.74) is 2.91. The van der Waals surface area contributed by atoms with Gasteiger partial charge in [0.25, 0.3) is 0 Å². The number of halogens is 1. The van der Waals surface area contributed by atoms with E-state index in [9.17, 15) is 4.79 Å². The molecule has 1 N–H and O–H groups in total. The third kappa shape index (κ3) is 3.64. The van der Waals surface area contributed by atoms with E-state index in [1.54, 1.807) is 11.3 Å². The number of carbonyl (C=O) groups is 1. The van der Waals surface area contributed by atoms with Crippen molar-refractivity contribution in [1.29, 1.82) is 0 Å². The van der Waals surface area contributed by atoms with Gasteiger partial charge < -0.3 is 5.32 Å². The largest absolute Gasteiger partial charge is 0.353 e. The van der Waals surface area contributed by atoms with Crippen molar-refractivity contribution in [3.8, 4) is 11.3 Å². The Bertz CT molecular complexity index is 915. The van der Waals surface area contributed by atoms with E-state index >= 15 is 0 Å². The van der Waals surface area contributed by atoms with Crippen molar-refractivity contribution in [2.24, 2.45) is 5.92 Å². The maximum atomic E-state index is 12.5. The fourth-order valence-corrected chi connectivity index (χ4v) is 4.67. The molecule has 1 aromatic carbocycles. The molecule has 1 saturated carbocycles. The summed E-state index contributed by atoms with van der Waals surface area (Å²) in [6.07, 6.45) is 7.18. The number of carbonyl (C=O) groups excluding carboxylic acids is 1. The SMILES string of the molecule is C[C@H]1CCCC[C@@H]1NC(=O)Cc1csc2nc(-c3ccc(Cl)cc3)cn12. The van der Waals surface area contributed by atoms with Crippen LogP contribution in [0.2, 0.25) is 5.02 Å². The Morgan fingerprint density at radius 2 is 2.08 bits per heavy atom. The Morgan fingerprint density at radius 1 is 1.31 bits per heavy atom. The summed E-state index contributed by atoms with van der Waals surface area (Å²) in [6, 6.07) is 7.98. The number of nitrogens with zero attached hydrogens (tertiary/aromatic N) is 2. The molecular formula is C20H22ClN3OS.